The zero-order chi connectivity index (χ0) is 59.0. The molecule has 0 unspecified atom stereocenters. The Morgan fingerprint density at radius 3 is 1.27 bits per heavy atom. The summed E-state index contributed by atoms with van der Waals surface area (Å²) in [5.74, 6) is -0.775. The first-order valence-electron chi connectivity index (χ1n) is 28.2. The number of fused-ring (bicyclic) bond motifs is 4. The van der Waals surface area contributed by atoms with Gasteiger partial charge in [0.15, 0.2) is 0 Å². The van der Waals surface area contributed by atoms with Gasteiger partial charge in [-0.1, -0.05) is 36.4 Å². The molecule has 84 heavy (non-hydrogen) atoms. The van der Waals surface area contributed by atoms with Crippen LogP contribution in [0.3, 0.4) is 0 Å². The third kappa shape index (κ3) is 13.8. The Morgan fingerprint density at radius 2 is 0.905 bits per heavy atom. The third-order valence-corrected chi connectivity index (χ3v) is 16.1. The number of imidazole rings is 2. The average molecular weight is 1140 g/mol. The van der Waals surface area contributed by atoms with Crippen LogP contribution in [0.1, 0.15) is 71.0 Å². The number of carbonyl (C=O) groups is 2. The van der Waals surface area contributed by atoms with Crippen LogP contribution in [0.2, 0.25) is 0 Å². The number of hydrogen-bond acceptors (Lipinski definition) is 12. The normalized spacial score (nSPS) is 14.4. The number of halogens is 2. The van der Waals surface area contributed by atoms with E-state index in [2.05, 4.69) is 28.9 Å². The van der Waals surface area contributed by atoms with Crippen molar-refractivity contribution in [2.24, 2.45) is 11.8 Å². The van der Waals surface area contributed by atoms with Crippen molar-refractivity contribution in [2.45, 2.75) is 78.3 Å². The molecule has 2 saturated heterocycles. The Labute approximate surface area is 482 Å². The minimum atomic E-state index is -1.82. The molecule has 0 atom stereocenters. The van der Waals surface area contributed by atoms with Gasteiger partial charge >= 0.3 is 11.9 Å². The molecule has 434 valence electrons. The van der Waals surface area contributed by atoms with E-state index in [0.29, 0.717) is 49.1 Å². The fourth-order valence-corrected chi connectivity index (χ4v) is 11.5. The van der Waals surface area contributed by atoms with Gasteiger partial charge in [-0.25, -0.2) is 38.3 Å². The van der Waals surface area contributed by atoms with Gasteiger partial charge in [0.1, 0.15) is 46.1 Å². The van der Waals surface area contributed by atoms with Crippen LogP contribution in [0.5, 0.6) is 11.5 Å². The van der Waals surface area contributed by atoms with E-state index in [1.807, 2.05) is 86.6 Å². The molecule has 4 N–H and O–H groups in total. The first-order chi connectivity index (χ1) is 40.5. The molecule has 0 radical (unpaired) electrons. The van der Waals surface area contributed by atoms with Gasteiger partial charge in [0.2, 0.25) is 0 Å². The number of nitrogens with zero attached hydrogens (tertiary/aromatic N) is 10. The maximum absolute atomic E-state index is 13.5. The molecule has 8 heterocycles. The number of aryl methyl sites for hydroxylation is 2. The second kappa shape index (κ2) is 26.0. The van der Waals surface area contributed by atoms with Crippen LogP contribution < -0.4 is 11.1 Å². The van der Waals surface area contributed by atoms with Crippen molar-refractivity contribution < 1.29 is 38.8 Å². The number of phenolic OH excluding ortho intramolecular Hbond substituents is 2. The van der Waals surface area contributed by atoms with Crippen LogP contribution in [0.4, 0.5) is 8.78 Å². The van der Waals surface area contributed by atoms with E-state index < -0.39 is 11.9 Å². The minimum Gasteiger partial charge on any atom is -0.508 e. The molecule has 0 saturated carbocycles. The van der Waals surface area contributed by atoms with Gasteiger partial charge in [-0.05, 0) is 174 Å². The predicted molar refractivity (Wildman–Crippen MR) is 315 cm³/mol. The summed E-state index contributed by atoms with van der Waals surface area (Å²) in [6.07, 6.45) is 10.9. The molecule has 18 nitrogen and oxygen atoms in total. The van der Waals surface area contributed by atoms with Crippen LogP contribution >= 0.6 is 0 Å². The highest BCUT2D eigenvalue weighted by Crippen LogP contribution is 2.29. The molecule has 2 aliphatic heterocycles. The maximum atomic E-state index is 13.5. The average Bonchev–Trinajstić information content (AvgIpc) is 3.67. The topological polar surface area (TPSA) is 226 Å². The lowest BCUT2D eigenvalue weighted by molar-refractivity contribution is -0.159. The predicted octanol–water partition coefficient (Wildman–Crippen LogP) is 8.64. The summed E-state index contributed by atoms with van der Waals surface area (Å²) < 4.78 is 34.6. The quantitative estimate of drug-likeness (QED) is 0.0748. The van der Waals surface area contributed by atoms with Crippen molar-refractivity contribution in [1.82, 2.24) is 47.7 Å². The molecule has 2 fully saturated rings. The number of aliphatic carboxylic acids is 2. The molecule has 4 aromatic carbocycles. The lowest BCUT2D eigenvalue weighted by Gasteiger charge is -2.32. The number of phenols is 2. The van der Waals surface area contributed by atoms with Crippen molar-refractivity contribution in [1.29, 1.82) is 0 Å². The first-order valence-corrected chi connectivity index (χ1v) is 28.2. The van der Waals surface area contributed by atoms with Gasteiger partial charge in [0.05, 0.1) is 22.1 Å². The molecule has 0 spiro atoms. The molecule has 2 aliphatic rings. The van der Waals surface area contributed by atoms with Crippen molar-refractivity contribution in [3.63, 3.8) is 0 Å². The van der Waals surface area contributed by atoms with Gasteiger partial charge in [-0.2, -0.15) is 0 Å². The number of likely N-dealkylation sites (tertiary alicyclic amines) is 2. The van der Waals surface area contributed by atoms with Gasteiger partial charge in [-0.15, -0.1) is 0 Å². The largest absolute Gasteiger partial charge is 0.508 e. The Morgan fingerprint density at radius 1 is 0.524 bits per heavy atom. The van der Waals surface area contributed by atoms with Gasteiger partial charge in [0, 0.05) is 86.1 Å². The summed E-state index contributed by atoms with van der Waals surface area (Å²) in [4.78, 5) is 68.1. The fourth-order valence-electron chi connectivity index (χ4n) is 11.5. The number of aromatic hydroxyl groups is 2. The second-order valence-corrected chi connectivity index (χ2v) is 21.7. The SMILES string of the molecule is Cc1nc2ccccn2c(=O)c1CCN1CCC(Cc2nc3cc(O)ccc3n2Cc2ccc(F)cc2)CC1.Cc1nc2ccccn2c(=O)c1CCN1CCC(Cc2nc3cc(O)ccc3n2Cc2ccc(F)cc2)CC1.O=C(O)C(=O)O. The molecule has 20 heteroatoms. The van der Waals surface area contributed by atoms with E-state index in [9.17, 15) is 28.6 Å². The molecule has 0 aliphatic carbocycles. The van der Waals surface area contributed by atoms with Gasteiger partial charge in [-0.3, -0.25) is 18.4 Å². The van der Waals surface area contributed by atoms with Crippen molar-refractivity contribution >= 4 is 45.3 Å². The van der Waals surface area contributed by atoms with E-state index in [-0.39, 0.29) is 34.3 Å². The summed E-state index contributed by atoms with van der Waals surface area (Å²) in [5, 5.41) is 34.8. The fraction of sp³-hybridized carbons (Fsp3) is 0.312. The van der Waals surface area contributed by atoms with Crippen molar-refractivity contribution in [3.8, 4) is 11.5 Å². The van der Waals surface area contributed by atoms with E-state index in [0.717, 1.165) is 145 Å². The molecule has 6 aromatic heterocycles. The number of benzene rings is 4. The minimum absolute atomic E-state index is 0.0269. The highest BCUT2D eigenvalue weighted by molar-refractivity contribution is 6.27. The van der Waals surface area contributed by atoms with Crippen LogP contribution in [0.15, 0.2) is 143 Å². The molecule has 12 rings (SSSR count). The number of carboxylic acids is 2. The van der Waals surface area contributed by atoms with Crippen LogP contribution in [0, 0.1) is 37.3 Å². The highest BCUT2D eigenvalue weighted by Gasteiger charge is 2.26. The Balaban J connectivity index is 0.000000171. The summed E-state index contributed by atoms with van der Waals surface area (Å²) >= 11 is 0. The molecule has 10 aromatic rings. The number of hydrogen-bond donors (Lipinski definition) is 4. The van der Waals surface area contributed by atoms with Crippen LogP contribution in [-0.4, -0.2) is 119 Å². The standard InChI is InChI=1S/2C31H32FN5O2.C2H2O4/c2*1-21-26(31(39)36-14-3-2-4-29(36)33-21)13-17-35-15-11-22(12-16-35)18-30-34-27-19-25(38)9-10-28(27)37(30)20-23-5-7-24(32)8-6-23;3-1(4)2(5)6/h2*2-10,14,19,22,38H,11-13,15-18,20H2,1H3;(H,3,4)(H,5,6). The Kier molecular flexibility index (Phi) is 18.0. The summed E-state index contributed by atoms with van der Waals surface area (Å²) in [5.41, 5.74) is 10.1. The van der Waals surface area contributed by atoms with E-state index in [1.165, 1.54) is 24.3 Å². The number of carboxylic acid groups (broad SMARTS) is 2. The molecule has 0 bridgehead atoms. The van der Waals surface area contributed by atoms with Crippen LogP contribution in [0.25, 0.3) is 33.4 Å². The lowest BCUT2D eigenvalue weighted by Crippen LogP contribution is -2.37. The summed E-state index contributed by atoms with van der Waals surface area (Å²) in [6, 6.07) is 35.0. The Bertz CT molecular complexity index is 3840. The molecule has 0 amide bonds. The number of pyridine rings is 2. The highest BCUT2D eigenvalue weighted by atomic mass is 19.1. The maximum Gasteiger partial charge on any atom is 0.414 e. The monoisotopic (exact) mass is 1140 g/mol. The number of piperidine rings is 2. The number of aromatic nitrogens is 8. The van der Waals surface area contributed by atoms with E-state index in [4.69, 9.17) is 29.8 Å². The smallest absolute Gasteiger partial charge is 0.414 e. The molecular formula is C64H66F2N10O8. The van der Waals surface area contributed by atoms with E-state index in [1.54, 1.807) is 45.5 Å². The second-order valence-electron chi connectivity index (χ2n) is 21.7. The van der Waals surface area contributed by atoms with Crippen molar-refractivity contribution in [3.05, 3.63) is 211 Å². The van der Waals surface area contributed by atoms with Gasteiger partial charge in [0.25, 0.3) is 11.1 Å². The van der Waals surface area contributed by atoms with Crippen molar-refractivity contribution in [2.75, 3.05) is 39.3 Å². The zero-order valence-electron chi connectivity index (χ0n) is 46.8. The number of rotatable bonds is 14. The summed E-state index contributed by atoms with van der Waals surface area (Å²) in [6.45, 7) is 10.6. The van der Waals surface area contributed by atoms with Crippen LogP contribution in [-0.2, 0) is 48.4 Å². The first kappa shape index (κ1) is 58.1. The zero-order valence-corrected chi connectivity index (χ0v) is 46.8. The lowest BCUT2D eigenvalue weighted by atomic mass is 9.93. The van der Waals surface area contributed by atoms with E-state index >= 15 is 0 Å². The molecular weight excluding hydrogens is 1070 g/mol. The third-order valence-electron chi connectivity index (χ3n) is 16.1. The van der Waals surface area contributed by atoms with Gasteiger partial charge < -0.3 is 39.4 Å². The Hall–Kier alpha value is -9.14. The summed E-state index contributed by atoms with van der Waals surface area (Å²) in [7, 11) is 0.